The number of sulfonamides is 1. The fourth-order valence-electron chi connectivity index (χ4n) is 4.95. The number of aromatic nitrogens is 2. The molecule has 264 valence electrons. The van der Waals surface area contributed by atoms with Crippen LogP contribution < -0.4 is 15.6 Å². The van der Waals surface area contributed by atoms with Gasteiger partial charge in [-0.05, 0) is 56.7 Å². The molecule has 19 nitrogen and oxygen atoms in total. The van der Waals surface area contributed by atoms with Gasteiger partial charge in [-0.2, -0.15) is 4.31 Å². The van der Waals surface area contributed by atoms with Gasteiger partial charge in [0.25, 0.3) is 15.7 Å². The number of carbonyl (C=O) groups is 1. The van der Waals surface area contributed by atoms with Gasteiger partial charge < -0.3 is 34.9 Å². The summed E-state index contributed by atoms with van der Waals surface area (Å²) in [6, 6.07) is 4.31. The molecule has 1 unspecified atom stereocenters. The van der Waals surface area contributed by atoms with Gasteiger partial charge in [-0.15, -0.1) is 20.2 Å². The fourth-order valence-corrected chi connectivity index (χ4v) is 6.57. The van der Waals surface area contributed by atoms with E-state index >= 15 is 0 Å². The quantitative estimate of drug-likeness (QED) is 0.0557. The average Bonchev–Trinajstić information content (AvgIpc) is 3.00. The Balaban J connectivity index is 1.60. The van der Waals surface area contributed by atoms with Crippen molar-refractivity contribution in [2.45, 2.75) is 63.4 Å². The van der Waals surface area contributed by atoms with Gasteiger partial charge in [0.2, 0.25) is 10.0 Å². The summed E-state index contributed by atoms with van der Waals surface area (Å²) in [5, 5.41) is 29.8. The second-order valence-electron chi connectivity index (χ2n) is 10.8. The van der Waals surface area contributed by atoms with Gasteiger partial charge in [-0.3, -0.25) is 9.59 Å². The second kappa shape index (κ2) is 17.3. The molecule has 1 aliphatic rings. The Bertz CT molecular complexity index is 1640. The van der Waals surface area contributed by atoms with Crippen LogP contribution in [-0.2, 0) is 29.2 Å². The number of carbonyl (C=O) groups excluding carboxylic acids is 1. The van der Waals surface area contributed by atoms with Gasteiger partial charge in [0, 0.05) is 26.6 Å². The number of H-pyrrole nitrogens is 1. The van der Waals surface area contributed by atoms with E-state index in [2.05, 4.69) is 25.0 Å². The number of esters is 1. The van der Waals surface area contributed by atoms with Gasteiger partial charge in [-0.1, -0.05) is 13.3 Å². The predicted octanol–water partition coefficient (Wildman–Crippen LogP) is 2.55. The molecule has 1 fully saturated rings. The van der Waals surface area contributed by atoms with Crippen molar-refractivity contribution in [3.8, 4) is 17.1 Å². The molecule has 2 aromatic rings. The lowest BCUT2D eigenvalue weighted by Crippen LogP contribution is -2.49. The summed E-state index contributed by atoms with van der Waals surface area (Å²) >= 11 is 0. The van der Waals surface area contributed by atoms with Crippen LogP contribution in [0.5, 0.6) is 5.75 Å². The van der Waals surface area contributed by atoms with Crippen molar-refractivity contribution < 1.29 is 42.5 Å². The molecule has 2 heterocycles. The van der Waals surface area contributed by atoms with E-state index in [1.807, 2.05) is 6.92 Å². The first kappa shape index (κ1) is 37.6. The van der Waals surface area contributed by atoms with Crippen LogP contribution >= 0.6 is 0 Å². The zero-order valence-corrected chi connectivity index (χ0v) is 27.6. The smallest absolute Gasteiger partial charge is 0.305 e. The highest BCUT2D eigenvalue weighted by Crippen LogP contribution is 2.34. The van der Waals surface area contributed by atoms with Gasteiger partial charge in [0.1, 0.15) is 35.7 Å². The van der Waals surface area contributed by atoms with Crippen LogP contribution in [0.2, 0.25) is 0 Å². The Labute approximate surface area is 275 Å². The standard InChI is InChI=1S/C28H39N7O12S/c1-4-7-22(29)25-26(30-3)28(37)32-27(31-25)21-14-20(10-11-23(21)44-5-2)48(42,43)33-15-18(16-33)8-6-13-45-24(36)12-9-19(47-35(40)41)17-46-34(38)39/h10-11,14,18-19,29-30H,4-9,12-13,15-17H2,1-3H3,(H,31,32,37). The Kier molecular flexibility index (Phi) is 13.6. The Morgan fingerprint density at radius 2 is 1.94 bits per heavy atom. The zero-order valence-electron chi connectivity index (χ0n) is 26.8. The third-order valence-corrected chi connectivity index (χ3v) is 9.14. The van der Waals surface area contributed by atoms with Crippen molar-refractivity contribution in [3.63, 3.8) is 0 Å². The highest BCUT2D eigenvalue weighted by molar-refractivity contribution is 7.89. The van der Waals surface area contributed by atoms with E-state index in [9.17, 15) is 38.2 Å². The lowest BCUT2D eigenvalue weighted by atomic mass is 9.98. The molecule has 0 spiro atoms. The van der Waals surface area contributed by atoms with Crippen LogP contribution in [0.1, 0.15) is 58.1 Å². The third-order valence-electron chi connectivity index (χ3n) is 7.31. The second-order valence-corrected chi connectivity index (χ2v) is 12.7. The molecule has 3 rings (SSSR count). The van der Waals surface area contributed by atoms with Crippen LogP contribution in [0.3, 0.4) is 0 Å². The summed E-state index contributed by atoms with van der Waals surface area (Å²) in [6.07, 6.45) is 0.226. The SMILES string of the molecule is CCCC(=N)c1nc(-c2cc(S(=O)(=O)N3CC(CCCOC(=O)CCC(CO[N+](=O)[O-])O[N+](=O)[O-])C3)ccc2OCC)[nH]c(=O)c1NC. The van der Waals surface area contributed by atoms with E-state index < -0.39 is 44.4 Å². The Morgan fingerprint density at radius 3 is 2.56 bits per heavy atom. The largest absolute Gasteiger partial charge is 0.493 e. The molecule has 0 bridgehead atoms. The topological polar surface area (TPSA) is 259 Å². The summed E-state index contributed by atoms with van der Waals surface area (Å²) in [6.45, 7) is 3.73. The van der Waals surface area contributed by atoms with Gasteiger partial charge in [0.05, 0.1) is 29.4 Å². The normalized spacial score (nSPS) is 14.0. The van der Waals surface area contributed by atoms with E-state index in [4.69, 9.17) is 14.9 Å². The van der Waals surface area contributed by atoms with Gasteiger partial charge in [0.15, 0.2) is 0 Å². The van der Waals surface area contributed by atoms with Crippen molar-refractivity contribution in [1.82, 2.24) is 14.3 Å². The zero-order chi connectivity index (χ0) is 35.4. The number of anilines is 1. The van der Waals surface area contributed by atoms with Crippen molar-refractivity contribution in [2.24, 2.45) is 5.92 Å². The summed E-state index contributed by atoms with van der Waals surface area (Å²) in [7, 11) is -2.37. The first-order valence-corrected chi connectivity index (χ1v) is 16.7. The molecule has 0 saturated carbocycles. The summed E-state index contributed by atoms with van der Waals surface area (Å²) < 4.78 is 39.2. The van der Waals surface area contributed by atoms with E-state index in [0.29, 0.717) is 31.4 Å². The number of hydrogen-bond acceptors (Lipinski definition) is 15. The summed E-state index contributed by atoms with van der Waals surface area (Å²) in [4.78, 5) is 61.3. The number of ether oxygens (including phenoxy) is 2. The molecule has 0 aliphatic carbocycles. The maximum Gasteiger partial charge on any atom is 0.305 e. The van der Waals surface area contributed by atoms with E-state index in [-0.39, 0.29) is 78.4 Å². The number of benzene rings is 1. The molecule has 48 heavy (non-hydrogen) atoms. The minimum absolute atomic E-state index is 0.0111. The first-order chi connectivity index (χ1) is 22.8. The fraction of sp³-hybridized carbons (Fsp3) is 0.571. The average molecular weight is 698 g/mol. The number of rotatable bonds is 21. The van der Waals surface area contributed by atoms with Crippen LogP contribution in [0.25, 0.3) is 11.4 Å². The molecule has 20 heteroatoms. The highest BCUT2D eigenvalue weighted by atomic mass is 32.2. The van der Waals surface area contributed by atoms with Crippen molar-refractivity contribution in [3.05, 3.63) is 54.5 Å². The maximum absolute atomic E-state index is 13.5. The lowest BCUT2D eigenvalue weighted by Gasteiger charge is -2.38. The molecule has 3 N–H and O–H groups in total. The summed E-state index contributed by atoms with van der Waals surface area (Å²) in [5.74, 6) is -0.288. The Hall–Kier alpha value is -4.85. The minimum atomic E-state index is -3.93. The molecule has 1 aromatic heterocycles. The lowest BCUT2D eigenvalue weighted by molar-refractivity contribution is -0.790. The molecule has 0 amide bonds. The Morgan fingerprint density at radius 1 is 1.21 bits per heavy atom. The van der Waals surface area contributed by atoms with Crippen LogP contribution in [0.15, 0.2) is 27.9 Å². The van der Waals surface area contributed by atoms with Gasteiger partial charge >= 0.3 is 5.97 Å². The molecular formula is C28H39N7O12S. The van der Waals surface area contributed by atoms with Crippen molar-refractivity contribution in [2.75, 3.05) is 45.3 Å². The monoisotopic (exact) mass is 697 g/mol. The maximum atomic E-state index is 13.5. The van der Waals surface area contributed by atoms with Crippen LogP contribution in [0, 0.1) is 31.6 Å². The first-order valence-electron chi connectivity index (χ1n) is 15.2. The molecular weight excluding hydrogens is 658 g/mol. The highest BCUT2D eigenvalue weighted by Gasteiger charge is 2.37. The molecule has 1 atom stereocenters. The molecule has 1 saturated heterocycles. The number of aromatic amines is 1. The van der Waals surface area contributed by atoms with Crippen molar-refractivity contribution >= 4 is 27.4 Å². The van der Waals surface area contributed by atoms with Crippen LogP contribution in [-0.4, -0.2) is 90.6 Å². The van der Waals surface area contributed by atoms with E-state index in [1.54, 1.807) is 14.0 Å². The third kappa shape index (κ3) is 10.1. The molecule has 0 radical (unpaired) electrons. The van der Waals surface area contributed by atoms with E-state index in [1.165, 1.54) is 22.5 Å². The molecule has 1 aromatic carbocycles. The number of hydrogen-bond donors (Lipinski definition) is 3. The van der Waals surface area contributed by atoms with E-state index in [0.717, 1.165) is 0 Å². The number of nitrogens with one attached hydrogen (secondary N) is 3. The predicted molar refractivity (Wildman–Crippen MR) is 169 cm³/mol. The van der Waals surface area contributed by atoms with Gasteiger partial charge in [-0.25, -0.2) is 13.4 Å². The summed E-state index contributed by atoms with van der Waals surface area (Å²) in [5.41, 5.74) is 0.204. The number of nitrogens with zero attached hydrogens (tertiary/aromatic N) is 4. The minimum Gasteiger partial charge on any atom is -0.493 e. The molecule has 1 aliphatic heterocycles. The van der Waals surface area contributed by atoms with Crippen molar-refractivity contribution in [1.29, 1.82) is 5.41 Å². The van der Waals surface area contributed by atoms with Crippen LogP contribution in [0.4, 0.5) is 5.69 Å².